The number of nitrogens with zero attached hydrogens (tertiary/aromatic N) is 1. The number of hydrogen-bond donors (Lipinski definition) is 1. The Morgan fingerprint density at radius 3 is 2.23 bits per heavy atom. The minimum atomic E-state index is -0.804. The van der Waals surface area contributed by atoms with Gasteiger partial charge in [0, 0.05) is 18.6 Å². The van der Waals surface area contributed by atoms with Crippen LogP contribution in [0.2, 0.25) is 0 Å². The molecule has 3 rings (SSSR count). The van der Waals surface area contributed by atoms with E-state index < -0.39 is 23.4 Å². The van der Waals surface area contributed by atoms with Gasteiger partial charge in [0.1, 0.15) is 5.69 Å². The fourth-order valence-electron chi connectivity index (χ4n) is 3.18. The third kappa shape index (κ3) is 6.31. The number of nitro groups is 1. The van der Waals surface area contributed by atoms with E-state index in [1.165, 1.54) is 39.5 Å². The molecule has 0 saturated heterocycles. The highest BCUT2D eigenvalue weighted by atomic mass is 16.6. The largest absolute Gasteiger partial charge is 0.493 e. The normalized spacial score (nSPS) is 12.4. The first-order valence-electron chi connectivity index (χ1n) is 10.4. The van der Waals surface area contributed by atoms with Crippen molar-refractivity contribution in [3.05, 3.63) is 46.0 Å². The van der Waals surface area contributed by atoms with Crippen LogP contribution in [-0.2, 0) is 14.3 Å². The van der Waals surface area contributed by atoms with Crippen molar-refractivity contribution in [2.45, 2.75) is 6.42 Å². The lowest BCUT2D eigenvalue weighted by molar-refractivity contribution is -0.384. The lowest BCUT2D eigenvalue weighted by Gasteiger charge is -2.12. The molecule has 1 aliphatic rings. The van der Waals surface area contributed by atoms with E-state index >= 15 is 0 Å². The molecule has 0 aliphatic carbocycles. The third-order valence-corrected chi connectivity index (χ3v) is 4.78. The monoisotopic (exact) mass is 488 g/mol. The van der Waals surface area contributed by atoms with Gasteiger partial charge in [-0.3, -0.25) is 14.9 Å². The second-order valence-electron chi connectivity index (χ2n) is 7.07. The molecule has 0 radical (unpaired) electrons. The molecule has 0 unspecified atom stereocenters. The highest BCUT2D eigenvalue weighted by Crippen LogP contribution is 2.39. The topological polar surface area (TPSA) is 145 Å². The van der Waals surface area contributed by atoms with Gasteiger partial charge in [0.05, 0.1) is 45.5 Å². The summed E-state index contributed by atoms with van der Waals surface area (Å²) in [5.74, 6) is 0.116. The average molecular weight is 488 g/mol. The van der Waals surface area contributed by atoms with Gasteiger partial charge in [-0.2, -0.15) is 0 Å². The van der Waals surface area contributed by atoms with Crippen molar-refractivity contribution in [3.63, 3.8) is 0 Å². The van der Waals surface area contributed by atoms with Gasteiger partial charge in [-0.1, -0.05) is 0 Å². The van der Waals surface area contributed by atoms with Crippen molar-refractivity contribution >= 4 is 29.3 Å². The van der Waals surface area contributed by atoms with Crippen LogP contribution in [0.4, 0.5) is 11.4 Å². The zero-order chi connectivity index (χ0) is 25.4. The van der Waals surface area contributed by atoms with Crippen LogP contribution >= 0.6 is 0 Å². The van der Waals surface area contributed by atoms with Crippen molar-refractivity contribution < 1.29 is 42.9 Å². The molecule has 2 aromatic carbocycles. The summed E-state index contributed by atoms with van der Waals surface area (Å²) in [7, 11) is 4.40. The van der Waals surface area contributed by atoms with Gasteiger partial charge in [0.15, 0.2) is 29.6 Å². The fourth-order valence-corrected chi connectivity index (χ4v) is 3.18. The van der Waals surface area contributed by atoms with Crippen molar-refractivity contribution in [1.29, 1.82) is 0 Å². The number of rotatable bonds is 9. The molecule has 1 aliphatic heterocycles. The van der Waals surface area contributed by atoms with Crippen LogP contribution in [0.25, 0.3) is 6.08 Å². The predicted molar refractivity (Wildman–Crippen MR) is 123 cm³/mol. The number of methoxy groups -OCH3 is 3. The summed E-state index contributed by atoms with van der Waals surface area (Å²) in [6.07, 6.45) is 3.17. The van der Waals surface area contributed by atoms with Crippen LogP contribution in [0.15, 0.2) is 30.3 Å². The van der Waals surface area contributed by atoms with Crippen molar-refractivity contribution in [1.82, 2.24) is 0 Å². The van der Waals surface area contributed by atoms with E-state index in [0.29, 0.717) is 42.4 Å². The number of nitrogens with one attached hydrogen (secondary N) is 1. The summed E-state index contributed by atoms with van der Waals surface area (Å²) in [5.41, 5.74) is 0.0770. The number of amides is 1. The molecule has 12 nitrogen and oxygen atoms in total. The van der Waals surface area contributed by atoms with Crippen LogP contribution in [0.3, 0.4) is 0 Å². The van der Waals surface area contributed by atoms with E-state index in [-0.39, 0.29) is 22.9 Å². The predicted octanol–water partition coefficient (Wildman–Crippen LogP) is 2.98. The minimum absolute atomic E-state index is 0.103. The van der Waals surface area contributed by atoms with E-state index in [9.17, 15) is 19.7 Å². The fraction of sp³-hybridized carbons (Fsp3) is 0.304. The Morgan fingerprint density at radius 2 is 1.66 bits per heavy atom. The molecular formula is C23H24N2O10. The Labute approximate surface area is 200 Å². The number of ether oxygens (including phenoxy) is 6. The van der Waals surface area contributed by atoms with E-state index in [1.807, 2.05) is 0 Å². The van der Waals surface area contributed by atoms with E-state index in [1.54, 1.807) is 12.1 Å². The molecule has 0 atom stereocenters. The lowest BCUT2D eigenvalue weighted by Crippen LogP contribution is -2.20. The highest BCUT2D eigenvalue weighted by Gasteiger charge is 2.23. The van der Waals surface area contributed by atoms with E-state index in [4.69, 9.17) is 28.4 Å². The smallest absolute Gasteiger partial charge is 0.331 e. The zero-order valence-corrected chi connectivity index (χ0v) is 19.3. The van der Waals surface area contributed by atoms with Crippen LogP contribution in [0, 0.1) is 10.1 Å². The Balaban J connectivity index is 1.64. The summed E-state index contributed by atoms with van der Waals surface area (Å²) in [5, 5.41) is 13.8. The number of fused-ring (bicyclic) bond motifs is 1. The number of carbonyl (C=O) groups excluding carboxylic acids is 2. The molecule has 2 aromatic rings. The first kappa shape index (κ1) is 25.1. The third-order valence-electron chi connectivity index (χ3n) is 4.78. The Hall–Kier alpha value is -4.48. The molecular weight excluding hydrogens is 464 g/mol. The number of anilines is 1. The van der Waals surface area contributed by atoms with Crippen LogP contribution in [0.1, 0.15) is 12.0 Å². The molecule has 0 saturated carbocycles. The van der Waals surface area contributed by atoms with Gasteiger partial charge in [0.25, 0.3) is 11.6 Å². The molecule has 0 spiro atoms. The maximum Gasteiger partial charge on any atom is 0.331 e. The molecule has 35 heavy (non-hydrogen) atoms. The number of carbonyl (C=O) groups is 2. The zero-order valence-electron chi connectivity index (χ0n) is 19.3. The maximum absolute atomic E-state index is 12.3. The van der Waals surface area contributed by atoms with Crippen molar-refractivity contribution in [2.75, 3.05) is 46.5 Å². The minimum Gasteiger partial charge on any atom is -0.493 e. The molecule has 0 fully saturated rings. The first-order valence-corrected chi connectivity index (χ1v) is 10.4. The SMILES string of the molecule is COc1cc(/C=C/C(=O)OCC(=O)Nc2cc3c(cc2[N+](=O)[O-])OCCCO3)cc(OC)c1OC. The molecule has 186 valence electrons. The van der Waals surface area contributed by atoms with Gasteiger partial charge in [-0.25, -0.2) is 4.79 Å². The molecule has 1 N–H and O–H groups in total. The Kier molecular flexibility index (Phi) is 8.33. The first-order chi connectivity index (χ1) is 16.9. The number of benzene rings is 2. The molecule has 12 heteroatoms. The average Bonchev–Trinajstić information content (AvgIpc) is 3.09. The van der Waals surface area contributed by atoms with E-state index in [0.717, 1.165) is 6.08 Å². The van der Waals surface area contributed by atoms with Gasteiger partial charge >= 0.3 is 5.97 Å². The summed E-state index contributed by atoms with van der Waals surface area (Å²) in [6.45, 7) is 0.0630. The van der Waals surface area contributed by atoms with Crippen molar-refractivity contribution in [3.8, 4) is 28.7 Å². The van der Waals surface area contributed by atoms with Crippen molar-refractivity contribution in [2.24, 2.45) is 0 Å². The van der Waals surface area contributed by atoms with E-state index in [2.05, 4.69) is 5.32 Å². The Morgan fingerprint density at radius 1 is 1.03 bits per heavy atom. The lowest BCUT2D eigenvalue weighted by atomic mass is 10.1. The second kappa shape index (κ2) is 11.6. The standard InChI is InChI=1S/C23H24N2O10/c1-30-19-9-14(10-20(31-2)23(19)32-3)5-6-22(27)35-13-21(26)24-15-11-17-18(12-16(15)25(28)29)34-8-4-7-33-17/h5-6,9-12H,4,7-8,13H2,1-3H3,(H,24,26)/b6-5+. The summed E-state index contributed by atoms with van der Waals surface area (Å²) >= 11 is 0. The van der Waals surface area contributed by atoms with Crippen LogP contribution < -0.4 is 29.0 Å². The molecule has 1 amide bonds. The molecule has 1 heterocycles. The quantitative estimate of drug-likeness (QED) is 0.242. The van der Waals surface area contributed by atoms with Gasteiger partial charge in [-0.15, -0.1) is 0 Å². The Bertz CT molecular complexity index is 1120. The van der Waals surface area contributed by atoms with Crippen LogP contribution in [0.5, 0.6) is 28.7 Å². The number of esters is 1. The summed E-state index contributed by atoms with van der Waals surface area (Å²) < 4.78 is 31.6. The second-order valence-corrected chi connectivity index (χ2v) is 7.07. The van der Waals surface area contributed by atoms with Crippen LogP contribution in [-0.4, -0.2) is 57.9 Å². The maximum atomic E-state index is 12.3. The number of hydrogen-bond acceptors (Lipinski definition) is 10. The summed E-state index contributed by atoms with van der Waals surface area (Å²) in [4.78, 5) is 35.1. The highest BCUT2D eigenvalue weighted by molar-refractivity contribution is 5.96. The molecule has 0 bridgehead atoms. The van der Waals surface area contributed by atoms with Gasteiger partial charge < -0.3 is 33.7 Å². The molecule has 0 aromatic heterocycles. The van der Waals surface area contributed by atoms with Gasteiger partial charge in [0.2, 0.25) is 5.75 Å². The number of nitro benzene ring substituents is 1. The summed E-state index contributed by atoms with van der Waals surface area (Å²) in [6, 6.07) is 5.74. The van der Waals surface area contributed by atoms with Gasteiger partial charge in [-0.05, 0) is 23.8 Å².